The number of anilines is 4. The second-order valence-electron chi connectivity index (χ2n) is 7.67. The zero-order valence-electron chi connectivity index (χ0n) is 17.5. The summed E-state index contributed by atoms with van der Waals surface area (Å²) >= 11 is 6.15. The van der Waals surface area contributed by atoms with Crippen LogP contribution < -0.4 is 20.7 Å². The van der Waals surface area contributed by atoms with Gasteiger partial charge in [0.2, 0.25) is 11.8 Å². The summed E-state index contributed by atoms with van der Waals surface area (Å²) in [6.07, 6.45) is 3.91. The molecule has 0 radical (unpaired) electrons. The van der Waals surface area contributed by atoms with Crippen LogP contribution in [0.4, 0.5) is 23.3 Å². The fraction of sp³-hybridized carbons (Fsp3) is 0.273. The summed E-state index contributed by atoms with van der Waals surface area (Å²) in [7, 11) is 0. The van der Waals surface area contributed by atoms with Crippen LogP contribution in [0.15, 0.2) is 42.6 Å². The lowest BCUT2D eigenvalue weighted by Gasteiger charge is -2.23. The monoisotopic (exact) mass is 450 g/mol. The number of H-pyrrole nitrogens is 1. The summed E-state index contributed by atoms with van der Waals surface area (Å²) < 4.78 is 6.05. The molecular formula is C22H23ClN8O. The van der Waals surface area contributed by atoms with Gasteiger partial charge >= 0.3 is 0 Å². The fourth-order valence-corrected chi connectivity index (χ4v) is 3.76. The number of aromatic nitrogens is 5. The Morgan fingerprint density at radius 2 is 1.97 bits per heavy atom. The summed E-state index contributed by atoms with van der Waals surface area (Å²) in [5.41, 5.74) is 2.51. The third-order valence-corrected chi connectivity index (χ3v) is 5.57. The summed E-state index contributed by atoms with van der Waals surface area (Å²) in [6, 6.07) is 11.4. The number of nitrogens with one attached hydrogen (secondary N) is 4. The van der Waals surface area contributed by atoms with Crippen molar-refractivity contribution in [2.24, 2.45) is 0 Å². The van der Waals surface area contributed by atoms with Crippen molar-refractivity contribution in [1.29, 1.82) is 0 Å². The highest BCUT2D eigenvalue weighted by Gasteiger charge is 2.15. The molecule has 1 saturated heterocycles. The number of nitrogens with zero attached hydrogens (tertiary/aromatic N) is 4. The standard InChI is InChI=1S/C22H23ClN8O/c1-13-12-25-22(26-14-5-6-17-16(11-14)20(23)31-30-17)29-21(13)28-18-3-2-4-19(27-18)32-15-7-9-24-10-8-15/h2-6,11-12,15,24H,7-10H2,1H3,(H,30,31)(H2,25,26,27,28,29). The van der Waals surface area contributed by atoms with Crippen LogP contribution in [-0.4, -0.2) is 44.3 Å². The number of ether oxygens (including phenoxy) is 1. The molecule has 1 aliphatic heterocycles. The highest BCUT2D eigenvalue weighted by molar-refractivity contribution is 6.34. The Bertz CT molecular complexity index is 1240. The van der Waals surface area contributed by atoms with Gasteiger partial charge in [0, 0.05) is 28.9 Å². The summed E-state index contributed by atoms with van der Waals surface area (Å²) in [5, 5.41) is 18.1. The second kappa shape index (κ2) is 8.97. The zero-order valence-corrected chi connectivity index (χ0v) is 18.3. The Balaban J connectivity index is 1.32. The third kappa shape index (κ3) is 4.58. The van der Waals surface area contributed by atoms with Crippen molar-refractivity contribution in [3.05, 3.63) is 53.3 Å². The second-order valence-corrected chi connectivity index (χ2v) is 8.05. The van der Waals surface area contributed by atoms with Crippen molar-refractivity contribution in [2.75, 3.05) is 23.7 Å². The van der Waals surface area contributed by atoms with E-state index in [2.05, 4.69) is 41.1 Å². The number of pyridine rings is 1. The molecule has 0 amide bonds. The van der Waals surface area contributed by atoms with E-state index in [1.807, 2.05) is 43.3 Å². The first-order valence-corrected chi connectivity index (χ1v) is 10.9. The van der Waals surface area contributed by atoms with E-state index in [0.717, 1.165) is 48.1 Å². The number of hydrogen-bond acceptors (Lipinski definition) is 8. The fourth-order valence-electron chi connectivity index (χ4n) is 3.57. The first kappa shape index (κ1) is 20.5. The molecular weight excluding hydrogens is 428 g/mol. The predicted octanol–water partition coefficient (Wildman–Crippen LogP) is 4.33. The normalized spacial score (nSPS) is 14.4. The lowest BCUT2D eigenvalue weighted by Crippen LogP contribution is -2.34. The van der Waals surface area contributed by atoms with Gasteiger partial charge in [-0.05, 0) is 57.1 Å². The molecule has 9 nitrogen and oxygen atoms in total. The van der Waals surface area contributed by atoms with Crippen LogP contribution in [0, 0.1) is 6.92 Å². The molecule has 0 spiro atoms. The van der Waals surface area contributed by atoms with Crippen molar-refractivity contribution in [3.8, 4) is 5.88 Å². The molecule has 0 unspecified atom stereocenters. The highest BCUT2D eigenvalue weighted by Crippen LogP contribution is 2.26. The Hall–Kier alpha value is -3.43. The van der Waals surface area contributed by atoms with Crippen molar-refractivity contribution in [2.45, 2.75) is 25.9 Å². The molecule has 1 aliphatic rings. The van der Waals surface area contributed by atoms with Crippen LogP contribution in [0.5, 0.6) is 5.88 Å². The van der Waals surface area contributed by atoms with Crippen molar-refractivity contribution in [1.82, 2.24) is 30.5 Å². The molecule has 0 atom stereocenters. The van der Waals surface area contributed by atoms with Gasteiger partial charge in [-0.1, -0.05) is 17.7 Å². The molecule has 0 bridgehead atoms. The van der Waals surface area contributed by atoms with Crippen LogP contribution >= 0.6 is 11.6 Å². The Labute approximate surface area is 190 Å². The molecule has 10 heteroatoms. The van der Waals surface area contributed by atoms with E-state index < -0.39 is 0 Å². The maximum Gasteiger partial charge on any atom is 0.229 e. The molecule has 32 heavy (non-hydrogen) atoms. The Morgan fingerprint density at radius 3 is 2.84 bits per heavy atom. The van der Waals surface area contributed by atoms with Crippen LogP contribution in [-0.2, 0) is 0 Å². The van der Waals surface area contributed by atoms with E-state index >= 15 is 0 Å². The number of fused-ring (bicyclic) bond motifs is 1. The summed E-state index contributed by atoms with van der Waals surface area (Å²) in [6.45, 7) is 3.88. The minimum atomic E-state index is 0.191. The van der Waals surface area contributed by atoms with Crippen LogP contribution in [0.1, 0.15) is 18.4 Å². The Morgan fingerprint density at radius 1 is 1.09 bits per heavy atom. The van der Waals surface area contributed by atoms with E-state index in [1.165, 1.54) is 0 Å². The molecule has 164 valence electrons. The third-order valence-electron chi connectivity index (χ3n) is 5.28. The lowest BCUT2D eigenvalue weighted by molar-refractivity contribution is 0.156. The SMILES string of the molecule is Cc1cnc(Nc2ccc3n[nH]c(Cl)c3c2)nc1Nc1cccc(OC2CCNCC2)n1. The smallest absolute Gasteiger partial charge is 0.229 e. The first-order valence-electron chi connectivity index (χ1n) is 10.5. The van der Waals surface area contributed by atoms with E-state index in [4.69, 9.17) is 16.3 Å². The number of halogens is 1. The minimum absolute atomic E-state index is 0.191. The maximum absolute atomic E-state index is 6.15. The average molecular weight is 451 g/mol. The topological polar surface area (TPSA) is 113 Å². The molecule has 1 aromatic carbocycles. The number of benzene rings is 1. The molecule has 3 aromatic heterocycles. The number of aryl methyl sites for hydroxylation is 1. The highest BCUT2D eigenvalue weighted by atomic mass is 35.5. The van der Waals surface area contributed by atoms with Gasteiger partial charge < -0.3 is 20.7 Å². The summed E-state index contributed by atoms with van der Waals surface area (Å²) in [4.78, 5) is 13.6. The van der Waals surface area contributed by atoms with Gasteiger partial charge in [-0.25, -0.2) is 4.98 Å². The molecule has 1 fully saturated rings. The largest absolute Gasteiger partial charge is 0.474 e. The van der Waals surface area contributed by atoms with Gasteiger partial charge in [-0.3, -0.25) is 5.10 Å². The molecule has 4 N–H and O–H groups in total. The van der Waals surface area contributed by atoms with Crippen molar-refractivity contribution >= 4 is 45.8 Å². The van der Waals surface area contributed by atoms with Crippen LogP contribution in [0.3, 0.4) is 0 Å². The first-order chi connectivity index (χ1) is 15.6. The van der Waals surface area contributed by atoms with Gasteiger partial charge in [-0.2, -0.15) is 15.1 Å². The maximum atomic E-state index is 6.15. The van der Waals surface area contributed by atoms with Crippen molar-refractivity contribution < 1.29 is 4.74 Å². The number of piperidine rings is 1. The molecule has 4 heterocycles. The molecule has 0 saturated carbocycles. The summed E-state index contributed by atoms with van der Waals surface area (Å²) in [5.74, 6) is 2.39. The van der Waals surface area contributed by atoms with Gasteiger partial charge in [0.1, 0.15) is 22.9 Å². The minimum Gasteiger partial charge on any atom is -0.474 e. The van der Waals surface area contributed by atoms with E-state index in [1.54, 1.807) is 6.20 Å². The van der Waals surface area contributed by atoms with Gasteiger partial charge in [0.25, 0.3) is 0 Å². The quantitative estimate of drug-likeness (QED) is 0.343. The number of rotatable bonds is 6. The van der Waals surface area contributed by atoms with Gasteiger partial charge in [0.15, 0.2) is 0 Å². The number of aromatic amines is 1. The number of hydrogen-bond donors (Lipinski definition) is 4. The average Bonchev–Trinajstić information content (AvgIpc) is 3.17. The van der Waals surface area contributed by atoms with Crippen molar-refractivity contribution in [3.63, 3.8) is 0 Å². The van der Waals surface area contributed by atoms with Crippen LogP contribution in [0.2, 0.25) is 5.15 Å². The van der Waals surface area contributed by atoms with Gasteiger partial charge in [0.05, 0.1) is 5.52 Å². The van der Waals surface area contributed by atoms with Gasteiger partial charge in [-0.15, -0.1) is 0 Å². The molecule has 0 aliphatic carbocycles. The zero-order chi connectivity index (χ0) is 21.9. The van der Waals surface area contributed by atoms with E-state index in [-0.39, 0.29) is 6.10 Å². The predicted molar refractivity (Wildman–Crippen MR) is 125 cm³/mol. The lowest BCUT2D eigenvalue weighted by atomic mass is 10.1. The van der Waals surface area contributed by atoms with Crippen LogP contribution in [0.25, 0.3) is 10.9 Å². The van der Waals surface area contributed by atoms with E-state index in [9.17, 15) is 0 Å². The molecule has 5 rings (SSSR count). The molecule has 4 aromatic rings. The van der Waals surface area contributed by atoms with E-state index in [0.29, 0.717) is 28.6 Å². The Kier molecular flexibility index (Phi) is 5.74.